The molecule has 0 aliphatic heterocycles. The van der Waals surface area contributed by atoms with Gasteiger partial charge in [0.1, 0.15) is 12.3 Å². The average molecular weight is 278 g/mol. The lowest BCUT2D eigenvalue weighted by atomic mass is 10.2. The lowest BCUT2D eigenvalue weighted by Gasteiger charge is -2.07. The second-order valence-electron chi connectivity index (χ2n) is 3.83. The third kappa shape index (κ3) is 2.41. The molecule has 1 aromatic carbocycles. The molecule has 20 heavy (non-hydrogen) atoms. The number of fused-ring (bicyclic) bond motifs is 1. The van der Waals surface area contributed by atoms with Gasteiger partial charge in [0.15, 0.2) is 11.6 Å². The third-order valence-electron chi connectivity index (χ3n) is 2.60. The van der Waals surface area contributed by atoms with Crippen molar-refractivity contribution < 1.29 is 23.8 Å². The van der Waals surface area contributed by atoms with Crippen LogP contribution in [0, 0.1) is 18.2 Å². The minimum atomic E-state index is -1.31. The second kappa shape index (κ2) is 5.59. The predicted octanol–water partition coefficient (Wildman–Crippen LogP) is 1.71. The van der Waals surface area contributed by atoms with Crippen molar-refractivity contribution >= 4 is 17.0 Å². The van der Waals surface area contributed by atoms with Crippen molar-refractivity contribution in [1.29, 1.82) is 0 Å². The van der Waals surface area contributed by atoms with E-state index in [-0.39, 0.29) is 35.6 Å². The van der Waals surface area contributed by atoms with Crippen molar-refractivity contribution in [2.75, 3.05) is 20.3 Å². The van der Waals surface area contributed by atoms with Crippen molar-refractivity contribution in [2.45, 2.75) is 0 Å². The first-order valence-corrected chi connectivity index (χ1v) is 5.62. The van der Waals surface area contributed by atoms with E-state index in [2.05, 4.69) is 11.0 Å². The minimum Gasteiger partial charge on any atom is -0.488 e. The van der Waals surface area contributed by atoms with E-state index >= 15 is 0 Å². The lowest BCUT2D eigenvalue weighted by molar-refractivity contribution is 0.144. The highest BCUT2D eigenvalue weighted by Crippen LogP contribution is 2.27. The summed E-state index contributed by atoms with van der Waals surface area (Å²) in [4.78, 5) is 11.1. The summed E-state index contributed by atoms with van der Waals surface area (Å²) in [6.45, 7) is 0.424. The van der Waals surface area contributed by atoms with Crippen LogP contribution in [0.1, 0.15) is 5.69 Å². The van der Waals surface area contributed by atoms with E-state index < -0.39 is 11.9 Å². The molecule has 0 fully saturated rings. The van der Waals surface area contributed by atoms with Gasteiger partial charge >= 0.3 is 6.09 Å². The number of rotatable bonds is 4. The van der Waals surface area contributed by atoms with E-state index in [1.807, 2.05) is 0 Å². The molecule has 2 aromatic rings. The van der Waals surface area contributed by atoms with Gasteiger partial charge in [-0.05, 0) is 12.0 Å². The molecular weight excluding hydrogens is 267 g/mol. The molecule has 7 heteroatoms. The Labute approximate surface area is 113 Å². The van der Waals surface area contributed by atoms with Crippen molar-refractivity contribution in [1.82, 2.24) is 9.78 Å². The zero-order valence-corrected chi connectivity index (χ0v) is 10.6. The van der Waals surface area contributed by atoms with Gasteiger partial charge in [-0.3, -0.25) is 0 Å². The molecule has 1 aromatic heterocycles. The number of methoxy groups -OCH3 is 1. The fourth-order valence-corrected chi connectivity index (χ4v) is 1.71. The van der Waals surface area contributed by atoms with Gasteiger partial charge in [-0.15, -0.1) is 6.42 Å². The Balaban J connectivity index is 2.53. The first-order chi connectivity index (χ1) is 9.58. The molecule has 0 spiro atoms. The molecular formula is C13H11FN2O4. The molecule has 0 radical (unpaired) electrons. The standard InChI is InChI=1S/C13H11FN2O4/c1-3-10-8-6-9(14)12(20-5-4-19-2)7-11(8)16(15-10)13(17)18/h1,6-7H,4-5H2,2H3,(H,17,18). The zero-order valence-electron chi connectivity index (χ0n) is 10.6. The fraction of sp³-hybridized carbons (Fsp3) is 0.231. The summed E-state index contributed by atoms with van der Waals surface area (Å²) in [6, 6.07) is 2.36. The molecule has 2 rings (SSSR count). The number of ether oxygens (including phenoxy) is 2. The van der Waals surface area contributed by atoms with E-state index in [1.165, 1.54) is 13.2 Å². The number of halogens is 1. The van der Waals surface area contributed by atoms with Crippen LogP contribution in [0.3, 0.4) is 0 Å². The van der Waals surface area contributed by atoms with Crippen molar-refractivity contribution in [3.8, 4) is 18.1 Å². The van der Waals surface area contributed by atoms with Gasteiger partial charge in [0.25, 0.3) is 0 Å². The fourth-order valence-electron chi connectivity index (χ4n) is 1.71. The van der Waals surface area contributed by atoms with Crippen LogP contribution in [0.15, 0.2) is 12.1 Å². The lowest BCUT2D eigenvalue weighted by Crippen LogP contribution is -2.10. The first-order valence-electron chi connectivity index (χ1n) is 5.62. The Morgan fingerprint density at radius 1 is 1.55 bits per heavy atom. The molecule has 0 aliphatic rings. The van der Waals surface area contributed by atoms with Crippen LogP contribution < -0.4 is 4.74 Å². The number of hydrogen-bond donors (Lipinski definition) is 1. The predicted molar refractivity (Wildman–Crippen MR) is 68.4 cm³/mol. The molecule has 0 amide bonds. The van der Waals surface area contributed by atoms with Gasteiger partial charge in [-0.2, -0.15) is 9.78 Å². The van der Waals surface area contributed by atoms with Crippen LogP contribution in [0.5, 0.6) is 5.75 Å². The van der Waals surface area contributed by atoms with Crippen molar-refractivity contribution in [3.63, 3.8) is 0 Å². The molecule has 0 unspecified atom stereocenters. The molecule has 1 heterocycles. The Bertz CT molecular complexity index is 702. The molecule has 104 valence electrons. The molecule has 0 saturated carbocycles. The van der Waals surface area contributed by atoms with E-state index in [4.69, 9.17) is 21.0 Å². The van der Waals surface area contributed by atoms with E-state index in [1.54, 1.807) is 0 Å². The highest BCUT2D eigenvalue weighted by Gasteiger charge is 2.17. The SMILES string of the molecule is C#Cc1nn(C(=O)O)c2cc(OCCOC)c(F)cc12. The summed E-state index contributed by atoms with van der Waals surface area (Å²) in [6.07, 6.45) is 3.91. The normalized spacial score (nSPS) is 10.4. The highest BCUT2D eigenvalue weighted by atomic mass is 19.1. The maximum atomic E-state index is 13.9. The number of carbonyl (C=O) groups is 1. The van der Waals surface area contributed by atoms with Crippen LogP contribution in [0.2, 0.25) is 0 Å². The maximum Gasteiger partial charge on any atom is 0.432 e. The highest BCUT2D eigenvalue weighted by molar-refractivity contribution is 5.91. The molecule has 0 saturated heterocycles. The largest absolute Gasteiger partial charge is 0.488 e. The Hall–Kier alpha value is -2.59. The van der Waals surface area contributed by atoms with Crippen LogP contribution >= 0.6 is 0 Å². The Morgan fingerprint density at radius 2 is 2.30 bits per heavy atom. The average Bonchev–Trinajstić information content (AvgIpc) is 2.77. The summed E-state index contributed by atoms with van der Waals surface area (Å²) in [5.74, 6) is 1.50. The van der Waals surface area contributed by atoms with Crippen molar-refractivity contribution in [3.05, 3.63) is 23.6 Å². The number of carboxylic acid groups (broad SMARTS) is 1. The summed E-state index contributed by atoms with van der Waals surface area (Å²) in [7, 11) is 1.49. The van der Waals surface area contributed by atoms with Gasteiger partial charge in [-0.25, -0.2) is 9.18 Å². The van der Waals surface area contributed by atoms with Crippen molar-refractivity contribution in [2.24, 2.45) is 0 Å². The second-order valence-corrected chi connectivity index (χ2v) is 3.83. The van der Waals surface area contributed by atoms with Gasteiger partial charge < -0.3 is 14.6 Å². The number of terminal acetylenes is 1. The molecule has 1 N–H and O–H groups in total. The van der Waals surface area contributed by atoms with Crippen LogP contribution in [0.4, 0.5) is 9.18 Å². The summed E-state index contributed by atoms with van der Waals surface area (Å²) in [5, 5.41) is 13.0. The van der Waals surface area contributed by atoms with E-state index in [9.17, 15) is 9.18 Å². The summed E-state index contributed by atoms with van der Waals surface area (Å²) in [5.41, 5.74) is 0.226. The summed E-state index contributed by atoms with van der Waals surface area (Å²) >= 11 is 0. The number of aromatic nitrogens is 2. The molecule has 0 aliphatic carbocycles. The van der Waals surface area contributed by atoms with Crippen LogP contribution in [-0.4, -0.2) is 41.3 Å². The molecule has 6 nitrogen and oxygen atoms in total. The Morgan fingerprint density at radius 3 is 2.90 bits per heavy atom. The third-order valence-corrected chi connectivity index (χ3v) is 2.60. The molecule has 0 bridgehead atoms. The minimum absolute atomic E-state index is 0.0599. The van der Waals surface area contributed by atoms with E-state index in [0.717, 1.165) is 6.07 Å². The van der Waals surface area contributed by atoms with Gasteiger partial charge in [-0.1, -0.05) is 0 Å². The Kier molecular flexibility index (Phi) is 3.86. The van der Waals surface area contributed by atoms with Gasteiger partial charge in [0, 0.05) is 18.6 Å². The van der Waals surface area contributed by atoms with Gasteiger partial charge in [0.2, 0.25) is 0 Å². The van der Waals surface area contributed by atoms with E-state index in [0.29, 0.717) is 4.68 Å². The van der Waals surface area contributed by atoms with Gasteiger partial charge in [0.05, 0.1) is 12.1 Å². The summed E-state index contributed by atoms with van der Waals surface area (Å²) < 4.78 is 24.5. The smallest absolute Gasteiger partial charge is 0.432 e. The topological polar surface area (TPSA) is 73.6 Å². The quantitative estimate of drug-likeness (QED) is 0.680. The maximum absolute atomic E-state index is 13.9. The number of nitrogens with zero attached hydrogens (tertiary/aromatic N) is 2. The zero-order chi connectivity index (χ0) is 14.7. The van der Waals surface area contributed by atoms with Crippen LogP contribution in [-0.2, 0) is 4.74 Å². The first kappa shape index (κ1) is 13.8. The monoisotopic (exact) mass is 278 g/mol. The number of hydrogen-bond acceptors (Lipinski definition) is 4. The molecule has 0 atom stereocenters. The van der Waals surface area contributed by atoms with Crippen LogP contribution in [0.25, 0.3) is 10.9 Å². The number of benzene rings is 1.